The van der Waals surface area contributed by atoms with Crippen LogP contribution in [-0.4, -0.2) is 35.0 Å². The highest BCUT2D eigenvalue weighted by Gasteiger charge is 2.50. The molecule has 0 radical (unpaired) electrons. The molecule has 3 aromatic carbocycles. The summed E-state index contributed by atoms with van der Waals surface area (Å²) in [7, 11) is 0. The second-order valence-electron chi connectivity index (χ2n) is 11.5. The molecule has 7 heteroatoms. The van der Waals surface area contributed by atoms with Gasteiger partial charge in [-0.15, -0.1) is 0 Å². The number of carboxylic acid groups (broad SMARTS) is 1. The van der Waals surface area contributed by atoms with Crippen molar-refractivity contribution >= 4 is 16.9 Å². The van der Waals surface area contributed by atoms with Gasteiger partial charge in [-0.05, 0) is 67.6 Å². The van der Waals surface area contributed by atoms with Gasteiger partial charge in [0.25, 0.3) is 0 Å². The second-order valence-corrected chi connectivity index (χ2v) is 11.5. The summed E-state index contributed by atoms with van der Waals surface area (Å²) in [4.78, 5) is 11.1. The molecular weight excluding hydrogens is 509 g/mol. The van der Waals surface area contributed by atoms with Crippen molar-refractivity contribution in [3.8, 4) is 11.4 Å². The number of carboxylic acids is 1. The summed E-state index contributed by atoms with van der Waals surface area (Å²) >= 11 is 0. The Morgan fingerprint density at radius 1 is 1.02 bits per heavy atom. The zero-order valence-electron chi connectivity index (χ0n) is 22.9. The van der Waals surface area contributed by atoms with Gasteiger partial charge in [0.05, 0.1) is 23.8 Å². The third-order valence-corrected chi connectivity index (χ3v) is 8.27. The Balaban J connectivity index is 1.52. The van der Waals surface area contributed by atoms with Crippen LogP contribution < -0.4 is 4.74 Å². The van der Waals surface area contributed by atoms with Crippen molar-refractivity contribution in [2.45, 2.75) is 63.3 Å². The number of aromatic nitrogens is 1. The molecule has 0 saturated heterocycles. The fourth-order valence-electron chi connectivity index (χ4n) is 6.37. The third kappa shape index (κ3) is 4.78. The van der Waals surface area contributed by atoms with Gasteiger partial charge in [-0.25, -0.2) is 9.18 Å². The lowest BCUT2D eigenvalue weighted by Crippen LogP contribution is -2.46. The molecular formula is C33H34FNO5. The Hall–Kier alpha value is -3.68. The van der Waals surface area contributed by atoms with Crippen molar-refractivity contribution in [2.24, 2.45) is 0 Å². The molecule has 208 valence electrons. The van der Waals surface area contributed by atoms with Gasteiger partial charge in [-0.2, -0.15) is 0 Å². The van der Waals surface area contributed by atoms with Crippen LogP contribution in [0.4, 0.5) is 4.39 Å². The Kier molecular flexibility index (Phi) is 6.88. The van der Waals surface area contributed by atoms with E-state index >= 15 is 0 Å². The Labute approximate surface area is 233 Å². The van der Waals surface area contributed by atoms with E-state index in [9.17, 15) is 9.18 Å². The van der Waals surface area contributed by atoms with Gasteiger partial charge < -0.3 is 23.9 Å². The number of aliphatic carboxylic acids is 1. The molecule has 0 amide bonds. The molecule has 2 heterocycles. The molecule has 0 atom stereocenters. The van der Waals surface area contributed by atoms with Crippen LogP contribution in [0, 0.1) is 5.82 Å². The first-order valence-electron chi connectivity index (χ1n) is 13.9. The SMILES string of the molecule is CC1(C)CO[C@]2(CC[C@@H](OCC(=O)O)CC2)c2c1n(-c1ccc(F)cc1)c1cccc(OCc3ccccc3)c12. The standard InChI is InChI=1S/C33H34FNO5/c1-32(2)21-40-33(17-15-25(16-18-33)38-20-28(36)37)30-29-26(35(31(30)32)24-13-11-23(34)12-14-24)9-6-10-27(29)39-19-22-7-4-3-5-8-22/h3-14,25H,15-21H2,1-2H3,(H,36,37)/t25-,33+. The number of ether oxygens (including phenoxy) is 3. The van der Waals surface area contributed by atoms with E-state index in [2.05, 4.69) is 24.5 Å². The predicted octanol–water partition coefficient (Wildman–Crippen LogP) is 6.90. The summed E-state index contributed by atoms with van der Waals surface area (Å²) in [5, 5.41) is 10.1. The summed E-state index contributed by atoms with van der Waals surface area (Å²) < 4.78 is 35.2. The van der Waals surface area contributed by atoms with E-state index in [0.29, 0.717) is 38.9 Å². The van der Waals surface area contributed by atoms with E-state index in [0.717, 1.165) is 39.2 Å². The van der Waals surface area contributed by atoms with Crippen molar-refractivity contribution in [2.75, 3.05) is 13.2 Å². The summed E-state index contributed by atoms with van der Waals surface area (Å²) in [6, 6.07) is 22.8. The van der Waals surface area contributed by atoms with E-state index in [-0.39, 0.29) is 23.9 Å². The molecule has 1 spiro atoms. The molecule has 40 heavy (non-hydrogen) atoms. The maximum Gasteiger partial charge on any atom is 0.329 e. The fraction of sp³-hybridized carbons (Fsp3) is 0.364. The fourth-order valence-corrected chi connectivity index (χ4v) is 6.37. The minimum Gasteiger partial charge on any atom is -0.488 e. The van der Waals surface area contributed by atoms with E-state index in [1.54, 1.807) is 0 Å². The number of hydrogen-bond acceptors (Lipinski definition) is 4. The molecule has 1 aromatic heterocycles. The van der Waals surface area contributed by atoms with Crippen LogP contribution in [0.5, 0.6) is 5.75 Å². The van der Waals surface area contributed by atoms with Crippen molar-refractivity contribution < 1.29 is 28.5 Å². The zero-order valence-corrected chi connectivity index (χ0v) is 22.9. The summed E-state index contributed by atoms with van der Waals surface area (Å²) in [6.07, 6.45) is 2.68. The maximum atomic E-state index is 14.0. The molecule has 1 fully saturated rings. The van der Waals surface area contributed by atoms with Gasteiger partial charge in [0.2, 0.25) is 0 Å². The molecule has 1 N–H and O–H groups in total. The zero-order chi connectivity index (χ0) is 27.9. The van der Waals surface area contributed by atoms with E-state index < -0.39 is 11.6 Å². The molecule has 0 unspecified atom stereocenters. The highest BCUT2D eigenvalue weighted by atomic mass is 19.1. The first-order valence-corrected chi connectivity index (χ1v) is 13.9. The average molecular weight is 544 g/mol. The first-order chi connectivity index (χ1) is 19.3. The van der Waals surface area contributed by atoms with Crippen LogP contribution in [0.3, 0.4) is 0 Å². The molecule has 6 rings (SSSR count). The average Bonchev–Trinajstić information content (AvgIpc) is 3.33. The number of halogens is 1. The van der Waals surface area contributed by atoms with Crippen LogP contribution in [0.2, 0.25) is 0 Å². The molecule has 6 nitrogen and oxygen atoms in total. The van der Waals surface area contributed by atoms with Crippen molar-refractivity contribution in [3.63, 3.8) is 0 Å². The topological polar surface area (TPSA) is 69.9 Å². The van der Waals surface area contributed by atoms with Crippen molar-refractivity contribution in [1.82, 2.24) is 4.57 Å². The summed E-state index contributed by atoms with van der Waals surface area (Å²) in [5.74, 6) is -0.455. The molecule has 1 aliphatic heterocycles. The van der Waals surface area contributed by atoms with Gasteiger partial charge in [-0.1, -0.05) is 50.2 Å². The second kappa shape index (κ2) is 10.4. The smallest absolute Gasteiger partial charge is 0.329 e. The van der Waals surface area contributed by atoms with E-state index in [4.69, 9.17) is 19.3 Å². The summed E-state index contributed by atoms with van der Waals surface area (Å²) in [5.41, 5.74) is 4.31. The quantitative estimate of drug-likeness (QED) is 0.275. The van der Waals surface area contributed by atoms with Gasteiger partial charge >= 0.3 is 5.97 Å². The number of carbonyl (C=O) groups is 1. The lowest BCUT2D eigenvalue weighted by molar-refractivity contribution is -0.150. The molecule has 1 aliphatic carbocycles. The van der Waals surface area contributed by atoms with Gasteiger partial charge in [0, 0.05) is 27.7 Å². The molecule has 1 saturated carbocycles. The molecule has 4 aromatic rings. The highest BCUT2D eigenvalue weighted by Crippen LogP contribution is 2.55. The minimum absolute atomic E-state index is 0.122. The monoisotopic (exact) mass is 543 g/mol. The number of rotatable bonds is 7. The molecule has 0 bridgehead atoms. The summed E-state index contributed by atoms with van der Waals surface area (Å²) in [6.45, 7) is 5.03. The minimum atomic E-state index is -0.958. The van der Waals surface area contributed by atoms with Gasteiger partial charge in [0.1, 0.15) is 24.8 Å². The Morgan fingerprint density at radius 3 is 2.45 bits per heavy atom. The van der Waals surface area contributed by atoms with Crippen LogP contribution in [0.25, 0.3) is 16.6 Å². The molecule has 2 aliphatic rings. The van der Waals surface area contributed by atoms with Crippen LogP contribution >= 0.6 is 0 Å². The first kappa shape index (κ1) is 26.5. The number of hydrogen-bond donors (Lipinski definition) is 1. The number of fused-ring (bicyclic) bond motifs is 4. The van der Waals surface area contributed by atoms with Gasteiger partial charge in [-0.3, -0.25) is 0 Å². The maximum absolute atomic E-state index is 14.0. The lowest BCUT2D eigenvalue weighted by Gasteiger charge is -2.47. The van der Waals surface area contributed by atoms with Crippen molar-refractivity contribution in [3.05, 3.63) is 95.4 Å². The van der Waals surface area contributed by atoms with E-state index in [1.165, 1.54) is 12.1 Å². The van der Waals surface area contributed by atoms with Crippen LogP contribution in [0.15, 0.2) is 72.8 Å². The Bertz CT molecular complexity index is 1520. The predicted molar refractivity (Wildman–Crippen MR) is 151 cm³/mol. The van der Waals surface area contributed by atoms with Gasteiger partial charge in [0.15, 0.2) is 0 Å². The van der Waals surface area contributed by atoms with Crippen molar-refractivity contribution in [1.29, 1.82) is 0 Å². The van der Waals surface area contributed by atoms with Crippen LogP contribution in [0.1, 0.15) is 56.4 Å². The lowest BCUT2D eigenvalue weighted by atomic mass is 9.71. The normalized spacial score (nSPS) is 21.8. The Morgan fingerprint density at radius 2 is 1.75 bits per heavy atom. The van der Waals surface area contributed by atoms with E-state index in [1.807, 2.05) is 54.6 Å². The number of benzene rings is 3. The largest absolute Gasteiger partial charge is 0.488 e. The highest BCUT2D eigenvalue weighted by molar-refractivity contribution is 5.94. The third-order valence-electron chi connectivity index (χ3n) is 8.27. The van der Waals surface area contributed by atoms with Crippen LogP contribution in [-0.2, 0) is 31.9 Å². The number of nitrogens with zero attached hydrogens (tertiary/aromatic N) is 1.